The molecule has 0 aliphatic heterocycles. The predicted octanol–water partition coefficient (Wildman–Crippen LogP) is 3.20. The van der Waals surface area contributed by atoms with Gasteiger partial charge in [-0.05, 0) is 51.8 Å². The highest BCUT2D eigenvalue weighted by Gasteiger charge is 2.11. The van der Waals surface area contributed by atoms with Gasteiger partial charge in [0.2, 0.25) is 5.91 Å². The average molecular weight is 452 g/mol. The van der Waals surface area contributed by atoms with Crippen LogP contribution in [0, 0.1) is 5.82 Å². The summed E-state index contributed by atoms with van der Waals surface area (Å²) >= 11 is 3.19. The lowest BCUT2D eigenvalue weighted by atomic mass is 10.2. The molecule has 0 aromatic heterocycles. The monoisotopic (exact) mass is 451 g/mol. The fourth-order valence-electron chi connectivity index (χ4n) is 2.22. The number of nitrogens with one attached hydrogen (secondary N) is 3. The Morgan fingerprint density at radius 1 is 1.07 bits per heavy atom. The van der Waals surface area contributed by atoms with Crippen molar-refractivity contribution >= 4 is 39.5 Å². The molecule has 3 N–H and O–H groups in total. The molecule has 3 amide bonds. The van der Waals surface area contributed by atoms with Crippen LogP contribution in [0.2, 0.25) is 0 Å². The van der Waals surface area contributed by atoms with E-state index >= 15 is 0 Å². The van der Waals surface area contributed by atoms with Crippen LogP contribution in [0.3, 0.4) is 0 Å². The van der Waals surface area contributed by atoms with E-state index in [2.05, 4.69) is 36.6 Å². The van der Waals surface area contributed by atoms with Crippen LogP contribution in [-0.2, 0) is 16.1 Å². The lowest BCUT2D eigenvalue weighted by Gasteiger charge is -2.09. The second-order valence-corrected chi connectivity index (χ2v) is 6.57. The van der Waals surface area contributed by atoms with Gasteiger partial charge in [0.25, 0.3) is 5.91 Å². The first-order chi connectivity index (χ1) is 13.4. The summed E-state index contributed by atoms with van der Waals surface area (Å²) in [6, 6.07) is 10.7. The van der Waals surface area contributed by atoms with E-state index in [1.165, 1.54) is 19.2 Å². The van der Waals surface area contributed by atoms with Crippen LogP contribution in [0.1, 0.15) is 22.3 Å². The maximum absolute atomic E-state index is 13.2. The number of rotatable bonds is 7. The average Bonchev–Trinajstić information content (AvgIpc) is 2.69. The first-order valence-corrected chi connectivity index (χ1v) is 9.12. The van der Waals surface area contributed by atoms with E-state index in [0.717, 1.165) is 11.6 Å². The minimum atomic E-state index is -0.562. The van der Waals surface area contributed by atoms with Crippen LogP contribution < -0.4 is 16.0 Å². The molecule has 0 fully saturated rings. The van der Waals surface area contributed by atoms with Gasteiger partial charge < -0.3 is 15.4 Å². The zero-order valence-electron chi connectivity index (χ0n) is 15.1. The second-order valence-electron chi connectivity index (χ2n) is 5.72. The summed E-state index contributed by atoms with van der Waals surface area (Å²) < 4.78 is 18.2. The van der Waals surface area contributed by atoms with E-state index in [-0.39, 0.29) is 24.4 Å². The highest BCUT2D eigenvalue weighted by molar-refractivity contribution is 9.10. The Kier molecular flexibility index (Phi) is 7.94. The molecule has 2 aromatic carbocycles. The molecule has 0 saturated heterocycles. The molecule has 7 nitrogen and oxygen atoms in total. The molecule has 2 aromatic rings. The van der Waals surface area contributed by atoms with E-state index in [0.29, 0.717) is 16.7 Å². The number of anilines is 1. The van der Waals surface area contributed by atoms with Gasteiger partial charge in [0.15, 0.2) is 0 Å². The summed E-state index contributed by atoms with van der Waals surface area (Å²) in [6.07, 6.45) is -0.478. The number of hydrogen-bond donors (Lipinski definition) is 3. The highest BCUT2D eigenvalue weighted by atomic mass is 79.9. The third-order valence-electron chi connectivity index (χ3n) is 3.69. The molecule has 0 atom stereocenters. The molecular weight excluding hydrogens is 433 g/mol. The van der Waals surface area contributed by atoms with Crippen molar-refractivity contribution in [2.24, 2.45) is 0 Å². The van der Waals surface area contributed by atoms with Gasteiger partial charge in [-0.15, -0.1) is 0 Å². The van der Waals surface area contributed by atoms with Crippen LogP contribution in [0.15, 0.2) is 46.9 Å². The third-order valence-corrected chi connectivity index (χ3v) is 4.38. The first kappa shape index (κ1) is 21.4. The second kappa shape index (κ2) is 10.4. The SMILES string of the molecule is COC(=O)Nc1ccc(CNC(=O)CCNC(=O)c2cc(F)ccc2Br)cc1. The number of methoxy groups -OCH3 is 1. The van der Waals surface area contributed by atoms with Crippen LogP contribution in [0.4, 0.5) is 14.9 Å². The third kappa shape index (κ3) is 6.66. The van der Waals surface area contributed by atoms with Crippen molar-refractivity contribution in [3.8, 4) is 0 Å². The highest BCUT2D eigenvalue weighted by Crippen LogP contribution is 2.17. The van der Waals surface area contributed by atoms with Crippen molar-refractivity contribution in [3.05, 3.63) is 63.9 Å². The molecule has 0 aliphatic carbocycles. The minimum Gasteiger partial charge on any atom is -0.453 e. The van der Waals surface area contributed by atoms with Gasteiger partial charge in [0.05, 0.1) is 12.7 Å². The van der Waals surface area contributed by atoms with Crippen LogP contribution in [-0.4, -0.2) is 31.6 Å². The molecule has 0 aliphatic rings. The Bertz CT molecular complexity index is 859. The molecule has 0 unspecified atom stereocenters. The van der Waals surface area contributed by atoms with Gasteiger partial charge >= 0.3 is 6.09 Å². The van der Waals surface area contributed by atoms with Crippen LogP contribution >= 0.6 is 15.9 Å². The number of benzene rings is 2. The van der Waals surface area contributed by atoms with Crippen molar-refractivity contribution in [2.75, 3.05) is 19.0 Å². The molecule has 148 valence electrons. The molecule has 9 heteroatoms. The Morgan fingerprint density at radius 2 is 1.79 bits per heavy atom. The summed E-state index contributed by atoms with van der Waals surface area (Å²) in [5, 5.41) is 7.84. The largest absolute Gasteiger partial charge is 0.453 e. The van der Waals surface area contributed by atoms with Crippen molar-refractivity contribution in [2.45, 2.75) is 13.0 Å². The van der Waals surface area contributed by atoms with E-state index in [1.807, 2.05) is 0 Å². The van der Waals surface area contributed by atoms with Crippen molar-refractivity contribution < 1.29 is 23.5 Å². The van der Waals surface area contributed by atoms with E-state index in [4.69, 9.17) is 0 Å². The summed E-state index contributed by atoms with van der Waals surface area (Å²) in [5.74, 6) is -1.22. The van der Waals surface area contributed by atoms with Gasteiger partial charge in [-0.1, -0.05) is 12.1 Å². The maximum Gasteiger partial charge on any atom is 0.411 e. The smallest absolute Gasteiger partial charge is 0.411 e. The Labute approximate surface area is 169 Å². The first-order valence-electron chi connectivity index (χ1n) is 8.33. The number of carbonyl (C=O) groups is 3. The molecule has 0 heterocycles. The maximum atomic E-state index is 13.2. The topological polar surface area (TPSA) is 96.5 Å². The molecule has 0 bridgehead atoms. The van der Waals surface area contributed by atoms with Gasteiger partial charge in [0, 0.05) is 29.7 Å². The summed E-state index contributed by atoms with van der Waals surface area (Å²) in [4.78, 5) is 35.0. The molecule has 0 radical (unpaired) electrons. The van der Waals surface area contributed by atoms with Crippen molar-refractivity contribution in [3.63, 3.8) is 0 Å². The molecule has 28 heavy (non-hydrogen) atoms. The molecule has 0 saturated carbocycles. The molecule has 0 spiro atoms. The summed E-state index contributed by atoms with van der Waals surface area (Å²) in [7, 11) is 1.28. The van der Waals surface area contributed by atoms with E-state index in [1.54, 1.807) is 24.3 Å². The number of amides is 3. The Balaban J connectivity index is 1.73. The Morgan fingerprint density at radius 3 is 2.46 bits per heavy atom. The van der Waals surface area contributed by atoms with E-state index < -0.39 is 17.8 Å². The lowest BCUT2D eigenvalue weighted by molar-refractivity contribution is -0.121. The zero-order valence-corrected chi connectivity index (χ0v) is 16.6. The van der Waals surface area contributed by atoms with Crippen molar-refractivity contribution in [1.29, 1.82) is 0 Å². The molecular formula is C19H19BrFN3O4. The van der Waals surface area contributed by atoms with Gasteiger partial charge in [0.1, 0.15) is 5.82 Å². The van der Waals surface area contributed by atoms with Crippen molar-refractivity contribution in [1.82, 2.24) is 10.6 Å². The zero-order chi connectivity index (χ0) is 20.5. The number of halogens is 2. The summed E-state index contributed by atoms with van der Waals surface area (Å²) in [5.41, 5.74) is 1.59. The van der Waals surface area contributed by atoms with Crippen LogP contribution in [0.5, 0.6) is 0 Å². The van der Waals surface area contributed by atoms with Gasteiger partial charge in [-0.25, -0.2) is 9.18 Å². The fraction of sp³-hybridized carbons (Fsp3) is 0.211. The fourth-order valence-corrected chi connectivity index (χ4v) is 2.65. The summed E-state index contributed by atoms with van der Waals surface area (Å²) in [6.45, 7) is 0.427. The number of ether oxygens (including phenoxy) is 1. The quantitative estimate of drug-likeness (QED) is 0.601. The number of hydrogen-bond acceptors (Lipinski definition) is 4. The van der Waals surface area contributed by atoms with E-state index in [9.17, 15) is 18.8 Å². The molecule has 2 rings (SSSR count). The van der Waals surface area contributed by atoms with Gasteiger partial charge in [-0.3, -0.25) is 14.9 Å². The number of carbonyl (C=O) groups excluding carboxylic acids is 3. The minimum absolute atomic E-state index is 0.0840. The Hall–Kier alpha value is -2.94. The lowest BCUT2D eigenvalue weighted by Crippen LogP contribution is -2.30. The van der Waals surface area contributed by atoms with Gasteiger partial charge in [-0.2, -0.15) is 0 Å². The normalized spacial score (nSPS) is 10.1. The predicted molar refractivity (Wildman–Crippen MR) is 105 cm³/mol. The standard InChI is InChI=1S/C19H19BrFN3O4/c1-28-19(27)24-14-5-2-12(3-6-14)11-23-17(25)8-9-22-18(26)15-10-13(21)4-7-16(15)20/h2-7,10H,8-9,11H2,1H3,(H,22,26)(H,23,25)(H,24,27). The van der Waals surface area contributed by atoms with Crippen LogP contribution in [0.25, 0.3) is 0 Å².